The normalized spacial score (nSPS) is 16.0. The molecule has 1 heterocycles. The van der Waals surface area contributed by atoms with Crippen LogP contribution in [0.1, 0.15) is 24.1 Å². The molecule has 3 rings (SSSR count). The minimum Gasteiger partial charge on any atom is -0.497 e. The summed E-state index contributed by atoms with van der Waals surface area (Å²) in [6.45, 7) is 1.67. The third-order valence-corrected chi connectivity index (χ3v) is 3.95. The predicted molar refractivity (Wildman–Crippen MR) is 87.1 cm³/mol. The Labute approximate surface area is 139 Å². The topological polar surface area (TPSA) is 58.6 Å². The van der Waals surface area contributed by atoms with Gasteiger partial charge in [0.2, 0.25) is 5.91 Å². The lowest BCUT2D eigenvalue weighted by atomic mass is 10.1. The number of amides is 2. The summed E-state index contributed by atoms with van der Waals surface area (Å²) in [4.78, 5) is 25.8. The third-order valence-electron chi connectivity index (χ3n) is 3.95. The lowest BCUT2D eigenvalue weighted by Gasteiger charge is -2.18. The molecular weight excluding hydrogens is 311 g/mol. The summed E-state index contributed by atoms with van der Waals surface area (Å²) < 4.78 is 18.3. The van der Waals surface area contributed by atoms with Crippen molar-refractivity contribution < 1.29 is 18.7 Å². The van der Waals surface area contributed by atoms with Gasteiger partial charge in [0.1, 0.15) is 17.6 Å². The van der Waals surface area contributed by atoms with Gasteiger partial charge in [-0.1, -0.05) is 12.1 Å². The number of fused-ring (bicyclic) bond motifs is 1. The largest absolute Gasteiger partial charge is 0.497 e. The predicted octanol–water partition coefficient (Wildman–Crippen LogP) is 2.56. The van der Waals surface area contributed by atoms with E-state index < -0.39 is 6.04 Å². The molecule has 0 aromatic heterocycles. The second kappa shape index (κ2) is 6.31. The molecule has 0 saturated heterocycles. The van der Waals surface area contributed by atoms with E-state index in [0.717, 1.165) is 5.56 Å². The number of carbonyl (C=O) groups excluding carboxylic acids is 2. The Kier molecular flexibility index (Phi) is 4.20. The van der Waals surface area contributed by atoms with Crippen molar-refractivity contribution >= 4 is 17.5 Å². The van der Waals surface area contributed by atoms with Crippen LogP contribution >= 0.6 is 0 Å². The van der Waals surface area contributed by atoms with Gasteiger partial charge in [0.15, 0.2) is 0 Å². The van der Waals surface area contributed by atoms with Crippen LogP contribution in [-0.2, 0) is 16.1 Å². The number of ether oxygens (including phenoxy) is 1. The highest BCUT2D eigenvalue weighted by Crippen LogP contribution is 2.39. The molecule has 5 nitrogen and oxygen atoms in total. The minimum atomic E-state index is -0.743. The van der Waals surface area contributed by atoms with E-state index in [1.54, 1.807) is 42.3 Å². The van der Waals surface area contributed by atoms with Crippen molar-refractivity contribution in [2.24, 2.45) is 0 Å². The molecule has 124 valence electrons. The summed E-state index contributed by atoms with van der Waals surface area (Å²) >= 11 is 0. The summed E-state index contributed by atoms with van der Waals surface area (Å²) in [6, 6.07) is 10.5. The fourth-order valence-electron chi connectivity index (χ4n) is 2.82. The fourth-order valence-corrected chi connectivity index (χ4v) is 2.82. The molecule has 0 bridgehead atoms. The molecule has 0 unspecified atom stereocenters. The third kappa shape index (κ3) is 2.95. The number of hydrogen-bond acceptors (Lipinski definition) is 3. The summed E-state index contributed by atoms with van der Waals surface area (Å²) in [7, 11) is 1.54. The highest BCUT2D eigenvalue weighted by atomic mass is 19.1. The Morgan fingerprint density at radius 2 is 1.96 bits per heavy atom. The van der Waals surface area contributed by atoms with E-state index in [4.69, 9.17) is 4.74 Å². The molecular formula is C18H17FN2O3. The number of nitrogens with zero attached hydrogens (tertiary/aromatic N) is 1. The molecule has 2 amide bonds. The van der Waals surface area contributed by atoms with Crippen molar-refractivity contribution in [3.05, 3.63) is 59.4 Å². The molecule has 1 N–H and O–H groups in total. The van der Waals surface area contributed by atoms with Gasteiger partial charge in [-0.05, 0) is 35.9 Å². The molecule has 2 aromatic rings. The van der Waals surface area contributed by atoms with Crippen molar-refractivity contribution in [2.75, 3.05) is 12.0 Å². The average Bonchev–Trinajstić information content (AvgIpc) is 2.81. The molecule has 24 heavy (non-hydrogen) atoms. The highest BCUT2D eigenvalue weighted by Gasteiger charge is 2.38. The summed E-state index contributed by atoms with van der Waals surface area (Å²) in [5.74, 6) is -0.225. The van der Waals surface area contributed by atoms with Gasteiger partial charge in [-0.2, -0.15) is 0 Å². The van der Waals surface area contributed by atoms with Crippen LogP contribution in [0.25, 0.3) is 0 Å². The van der Waals surface area contributed by atoms with Crippen LogP contribution in [0.2, 0.25) is 0 Å². The van der Waals surface area contributed by atoms with Gasteiger partial charge >= 0.3 is 0 Å². The Morgan fingerprint density at radius 3 is 2.58 bits per heavy atom. The number of anilines is 1. The maximum Gasteiger partial charge on any atom is 0.254 e. The SMILES string of the molecule is COc1ccc2c(c1)[C@H](NC(C)=O)C(=O)N2Cc1ccc(F)cc1. The van der Waals surface area contributed by atoms with Gasteiger partial charge in [0, 0.05) is 12.5 Å². The number of hydrogen-bond donors (Lipinski definition) is 1. The Morgan fingerprint density at radius 1 is 1.25 bits per heavy atom. The van der Waals surface area contributed by atoms with Crippen molar-refractivity contribution in [1.29, 1.82) is 0 Å². The summed E-state index contributed by atoms with van der Waals surface area (Å²) in [5.41, 5.74) is 2.20. The van der Waals surface area contributed by atoms with Gasteiger partial charge in [0.05, 0.1) is 19.3 Å². The number of rotatable bonds is 4. The molecule has 1 atom stereocenters. The van der Waals surface area contributed by atoms with Crippen LogP contribution in [0.3, 0.4) is 0 Å². The molecule has 0 spiro atoms. The van der Waals surface area contributed by atoms with Crippen LogP contribution in [0.15, 0.2) is 42.5 Å². The van der Waals surface area contributed by atoms with Crippen LogP contribution in [0, 0.1) is 5.82 Å². The molecule has 1 aliphatic rings. The second-order valence-electron chi connectivity index (χ2n) is 5.61. The van der Waals surface area contributed by atoms with Gasteiger partial charge in [-0.3, -0.25) is 9.59 Å². The van der Waals surface area contributed by atoms with Crippen LogP contribution in [-0.4, -0.2) is 18.9 Å². The molecule has 6 heteroatoms. The first-order valence-corrected chi connectivity index (χ1v) is 7.50. The van der Waals surface area contributed by atoms with E-state index in [2.05, 4.69) is 5.32 Å². The van der Waals surface area contributed by atoms with E-state index in [1.165, 1.54) is 19.1 Å². The first kappa shape index (κ1) is 16.0. The van der Waals surface area contributed by atoms with Gasteiger partial charge in [-0.15, -0.1) is 0 Å². The zero-order valence-corrected chi connectivity index (χ0v) is 13.4. The first-order valence-electron chi connectivity index (χ1n) is 7.50. The number of nitrogens with one attached hydrogen (secondary N) is 1. The van der Waals surface area contributed by atoms with Crippen LogP contribution < -0.4 is 15.0 Å². The van der Waals surface area contributed by atoms with Gasteiger partial charge in [0.25, 0.3) is 5.91 Å². The number of methoxy groups -OCH3 is 1. The lowest BCUT2D eigenvalue weighted by molar-refractivity contribution is -0.126. The molecule has 1 aliphatic heterocycles. The maximum absolute atomic E-state index is 13.1. The Balaban J connectivity index is 1.97. The first-order chi connectivity index (χ1) is 11.5. The molecule has 0 aliphatic carbocycles. The smallest absolute Gasteiger partial charge is 0.254 e. The van der Waals surface area contributed by atoms with Crippen molar-refractivity contribution in [3.63, 3.8) is 0 Å². The summed E-state index contributed by atoms with van der Waals surface area (Å²) in [5, 5.41) is 2.68. The van der Waals surface area contributed by atoms with E-state index in [9.17, 15) is 14.0 Å². The summed E-state index contributed by atoms with van der Waals surface area (Å²) in [6.07, 6.45) is 0. The van der Waals surface area contributed by atoms with E-state index >= 15 is 0 Å². The van der Waals surface area contributed by atoms with E-state index in [0.29, 0.717) is 23.5 Å². The fraction of sp³-hybridized carbons (Fsp3) is 0.222. The van der Waals surface area contributed by atoms with Crippen molar-refractivity contribution in [1.82, 2.24) is 5.32 Å². The number of halogens is 1. The maximum atomic E-state index is 13.1. The number of carbonyl (C=O) groups is 2. The lowest BCUT2D eigenvalue weighted by Crippen LogP contribution is -2.36. The molecule has 0 fully saturated rings. The standard InChI is InChI=1S/C18H17FN2O3/c1-11(22)20-17-15-9-14(24-2)7-8-16(15)21(18(17)23)10-12-3-5-13(19)6-4-12/h3-9,17H,10H2,1-2H3,(H,20,22)/t17-/m0/s1. The van der Waals surface area contributed by atoms with Crippen molar-refractivity contribution in [2.45, 2.75) is 19.5 Å². The van der Waals surface area contributed by atoms with E-state index in [1.807, 2.05) is 0 Å². The highest BCUT2D eigenvalue weighted by molar-refractivity contribution is 6.06. The monoisotopic (exact) mass is 328 g/mol. The quantitative estimate of drug-likeness (QED) is 0.938. The molecule has 0 saturated carbocycles. The van der Waals surface area contributed by atoms with Crippen LogP contribution in [0.5, 0.6) is 5.75 Å². The second-order valence-corrected chi connectivity index (χ2v) is 5.61. The zero-order valence-electron chi connectivity index (χ0n) is 13.4. The Hall–Kier alpha value is -2.89. The Bertz CT molecular complexity index is 789. The van der Waals surface area contributed by atoms with Gasteiger partial charge < -0.3 is 15.0 Å². The molecule has 2 aromatic carbocycles. The number of benzene rings is 2. The van der Waals surface area contributed by atoms with Crippen molar-refractivity contribution in [3.8, 4) is 5.75 Å². The minimum absolute atomic E-state index is 0.224. The molecule has 0 radical (unpaired) electrons. The zero-order chi connectivity index (χ0) is 17.3. The van der Waals surface area contributed by atoms with Gasteiger partial charge in [-0.25, -0.2) is 4.39 Å². The average molecular weight is 328 g/mol. The van der Waals surface area contributed by atoms with E-state index in [-0.39, 0.29) is 17.6 Å². The van der Waals surface area contributed by atoms with Crippen LogP contribution in [0.4, 0.5) is 10.1 Å².